The van der Waals surface area contributed by atoms with Gasteiger partial charge in [-0.1, -0.05) is 6.07 Å². The molecule has 108 valence electrons. The molecule has 0 aliphatic carbocycles. The minimum atomic E-state index is -0.914. The first-order valence-corrected chi connectivity index (χ1v) is 6.47. The smallest absolute Gasteiger partial charge is 0.304 e. The van der Waals surface area contributed by atoms with Gasteiger partial charge in [0, 0.05) is 13.1 Å². The molecule has 3 N–H and O–H groups in total. The number of nitrogens with two attached hydrogens (primary N) is 1. The van der Waals surface area contributed by atoms with E-state index >= 15 is 0 Å². The number of carbonyl (C=O) groups excluding carboxylic acids is 1. The summed E-state index contributed by atoms with van der Waals surface area (Å²) >= 11 is 0. The molecule has 1 heterocycles. The molecular formula is C14H18N2O4. The highest BCUT2D eigenvalue weighted by Crippen LogP contribution is 2.31. The number of rotatable bonds is 4. The van der Waals surface area contributed by atoms with E-state index in [9.17, 15) is 9.59 Å². The summed E-state index contributed by atoms with van der Waals surface area (Å²) in [7, 11) is 1.71. The number of amides is 1. The molecule has 20 heavy (non-hydrogen) atoms. The van der Waals surface area contributed by atoms with Crippen LogP contribution in [-0.4, -0.2) is 36.7 Å². The van der Waals surface area contributed by atoms with Crippen molar-refractivity contribution in [1.29, 1.82) is 0 Å². The second-order valence-corrected chi connectivity index (χ2v) is 4.92. The molecule has 1 aromatic carbocycles. The van der Waals surface area contributed by atoms with Gasteiger partial charge in [-0.3, -0.25) is 9.59 Å². The van der Waals surface area contributed by atoms with E-state index < -0.39 is 12.0 Å². The number of nitrogens with zero attached hydrogens (tertiary/aromatic N) is 1. The van der Waals surface area contributed by atoms with Crippen LogP contribution in [0.1, 0.15) is 18.4 Å². The summed E-state index contributed by atoms with van der Waals surface area (Å²) in [5.74, 6) is -0.257. The third-order valence-corrected chi connectivity index (χ3v) is 3.27. The highest BCUT2D eigenvalue weighted by atomic mass is 16.5. The zero-order valence-corrected chi connectivity index (χ0v) is 11.3. The number of ether oxygens (including phenoxy) is 1. The van der Waals surface area contributed by atoms with Gasteiger partial charge in [-0.25, -0.2) is 0 Å². The molecule has 1 aromatic rings. The van der Waals surface area contributed by atoms with Crippen molar-refractivity contribution < 1.29 is 19.4 Å². The third-order valence-electron chi connectivity index (χ3n) is 3.27. The molecular weight excluding hydrogens is 260 g/mol. The van der Waals surface area contributed by atoms with Crippen LogP contribution in [0.2, 0.25) is 0 Å². The van der Waals surface area contributed by atoms with Crippen molar-refractivity contribution in [3.63, 3.8) is 0 Å². The molecule has 1 atom stereocenters. The molecule has 0 saturated heterocycles. The minimum Gasteiger partial charge on any atom is -0.491 e. The Morgan fingerprint density at radius 3 is 3.00 bits per heavy atom. The highest BCUT2D eigenvalue weighted by molar-refractivity contribution is 5.95. The van der Waals surface area contributed by atoms with Crippen LogP contribution >= 0.6 is 0 Å². The Bertz CT molecular complexity index is 530. The lowest BCUT2D eigenvalue weighted by Crippen LogP contribution is -2.27. The Hall–Kier alpha value is -2.08. The van der Waals surface area contributed by atoms with Crippen LogP contribution < -0.4 is 15.4 Å². The van der Waals surface area contributed by atoms with Gasteiger partial charge in [0.2, 0.25) is 5.91 Å². The number of hydrogen-bond donors (Lipinski definition) is 2. The van der Waals surface area contributed by atoms with Crippen LogP contribution in [-0.2, 0) is 16.0 Å². The predicted octanol–water partition coefficient (Wildman–Crippen LogP) is 0.776. The van der Waals surface area contributed by atoms with E-state index in [0.29, 0.717) is 30.9 Å². The normalized spacial score (nSPS) is 16.1. The molecule has 2 rings (SSSR count). The molecule has 0 saturated carbocycles. The van der Waals surface area contributed by atoms with E-state index in [1.807, 2.05) is 12.1 Å². The number of aliphatic carboxylic acids is 1. The van der Waals surface area contributed by atoms with E-state index in [1.165, 1.54) is 0 Å². The first-order valence-electron chi connectivity index (χ1n) is 6.47. The zero-order chi connectivity index (χ0) is 14.7. The van der Waals surface area contributed by atoms with Crippen LogP contribution in [0.4, 0.5) is 5.69 Å². The molecule has 0 radical (unpaired) electrons. The third kappa shape index (κ3) is 3.27. The van der Waals surface area contributed by atoms with Gasteiger partial charge in [0.25, 0.3) is 0 Å². The average molecular weight is 278 g/mol. The molecule has 6 heteroatoms. The quantitative estimate of drug-likeness (QED) is 0.849. The standard InChI is InChI=1S/C14H18N2O4/c1-16-11-7-9(6-10(15)8-14(18)19)2-3-12(11)20-5-4-13(16)17/h2-3,7,10H,4-6,8,15H2,1H3,(H,18,19). The lowest BCUT2D eigenvalue weighted by molar-refractivity contribution is -0.137. The second kappa shape index (κ2) is 5.92. The van der Waals surface area contributed by atoms with Crippen molar-refractivity contribution in [2.24, 2.45) is 5.73 Å². The van der Waals surface area contributed by atoms with Crippen LogP contribution in [0, 0.1) is 0 Å². The Balaban J connectivity index is 2.19. The number of benzene rings is 1. The van der Waals surface area contributed by atoms with Gasteiger partial charge in [0.1, 0.15) is 5.75 Å². The SMILES string of the molecule is CN1C(=O)CCOc2ccc(CC(N)CC(=O)O)cc21. The fourth-order valence-corrected chi connectivity index (χ4v) is 2.22. The maximum atomic E-state index is 11.8. The van der Waals surface area contributed by atoms with Crippen molar-refractivity contribution in [3.8, 4) is 5.75 Å². The number of carboxylic acid groups (broad SMARTS) is 1. The van der Waals surface area contributed by atoms with Gasteiger partial charge in [0.05, 0.1) is 25.1 Å². The fraction of sp³-hybridized carbons (Fsp3) is 0.429. The van der Waals surface area contributed by atoms with Crippen LogP contribution in [0.5, 0.6) is 5.75 Å². The highest BCUT2D eigenvalue weighted by Gasteiger charge is 2.20. The predicted molar refractivity (Wildman–Crippen MR) is 73.9 cm³/mol. The second-order valence-electron chi connectivity index (χ2n) is 4.92. The van der Waals surface area contributed by atoms with Crippen molar-refractivity contribution in [1.82, 2.24) is 0 Å². The lowest BCUT2D eigenvalue weighted by Gasteiger charge is -2.18. The van der Waals surface area contributed by atoms with Crippen molar-refractivity contribution in [2.45, 2.75) is 25.3 Å². The van der Waals surface area contributed by atoms with Crippen LogP contribution in [0.15, 0.2) is 18.2 Å². The fourth-order valence-electron chi connectivity index (χ4n) is 2.22. The van der Waals surface area contributed by atoms with E-state index in [2.05, 4.69) is 0 Å². The van der Waals surface area contributed by atoms with Gasteiger partial charge in [-0.15, -0.1) is 0 Å². The van der Waals surface area contributed by atoms with Gasteiger partial charge in [-0.2, -0.15) is 0 Å². The summed E-state index contributed by atoms with van der Waals surface area (Å²) in [6, 6.07) is 5.04. The van der Waals surface area contributed by atoms with E-state index in [-0.39, 0.29) is 12.3 Å². The van der Waals surface area contributed by atoms with Gasteiger partial charge < -0.3 is 20.5 Å². The van der Waals surface area contributed by atoms with Gasteiger partial charge in [0.15, 0.2) is 0 Å². The first-order chi connectivity index (χ1) is 9.47. The Morgan fingerprint density at radius 1 is 1.55 bits per heavy atom. The molecule has 1 unspecified atom stereocenters. The Labute approximate surface area is 117 Å². The molecule has 1 aliphatic rings. The molecule has 6 nitrogen and oxygen atoms in total. The maximum absolute atomic E-state index is 11.8. The summed E-state index contributed by atoms with van der Waals surface area (Å²) in [4.78, 5) is 24.0. The number of carbonyl (C=O) groups is 2. The summed E-state index contributed by atoms with van der Waals surface area (Å²) in [6.07, 6.45) is 0.711. The minimum absolute atomic E-state index is 0.00395. The summed E-state index contributed by atoms with van der Waals surface area (Å²) in [5.41, 5.74) is 7.38. The Kier molecular flexibility index (Phi) is 4.24. The molecule has 1 amide bonds. The zero-order valence-electron chi connectivity index (χ0n) is 11.3. The van der Waals surface area contributed by atoms with Crippen molar-refractivity contribution in [2.75, 3.05) is 18.6 Å². The summed E-state index contributed by atoms with van der Waals surface area (Å²) in [6.45, 7) is 0.369. The Morgan fingerprint density at radius 2 is 2.30 bits per heavy atom. The van der Waals surface area contributed by atoms with Crippen LogP contribution in [0.3, 0.4) is 0 Å². The van der Waals surface area contributed by atoms with Crippen molar-refractivity contribution >= 4 is 17.6 Å². The number of carboxylic acids is 1. The largest absolute Gasteiger partial charge is 0.491 e. The summed E-state index contributed by atoms with van der Waals surface area (Å²) in [5, 5.41) is 8.72. The molecule has 1 aliphatic heterocycles. The average Bonchev–Trinajstić information content (AvgIpc) is 2.50. The van der Waals surface area contributed by atoms with E-state index in [1.54, 1.807) is 18.0 Å². The topological polar surface area (TPSA) is 92.9 Å². The van der Waals surface area contributed by atoms with Gasteiger partial charge >= 0.3 is 5.97 Å². The van der Waals surface area contributed by atoms with E-state index in [0.717, 1.165) is 5.56 Å². The maximum Gasteiger partial charge on any atom is 0.304 e. The van der Waals surface area contributed by atoms with Crippen LogP contribution in [0.25, 0.3) is 0 Å². The number of anilines is 1. The molecule has 0 spiro atoms. The number of fused-ring (bicyclic) bond motifs is 1. The lowest BCUT2D eigenvalue weighted by atomic mass is 10.0. The molecule has 0 fully saturated rings. The number of hydrogen-bond acceptors (Lipinski definition) is 4. The van der Waals surface area contributed by atoms with Gasteiger partial charge in [-0.05, 0) is 24.1 Å². The monoisotopic (exact) mass is 278 g/mol. The molecule has 0 bridgehead atoms. The first kappa shape index (κ1) is 14.3. The van der Waals surface area contributed by atoms with E-state index in [4.69, 9.17) is 15.6 Å². The summed E-state index contributed by atoms with van der Waals surface area (Å²) < 4.78 is 5.53. The van der Waals surface area contributed by atoms with Crippen molar-refractivity contribution in [3.05, 3.63) is 23.8 Å². The molecule has 0 aromatic heterocycles.